The summed E-state index contributed by atoms with van der Waals surface area (Å²) in [6.45, 7) is 18.9. The van der Waals surface area contributed by atoms with Crippen LogP contribution in [0.4, 0.5) is 21.0 Å². The zero-order chi connectivity index (χ0) is 30.8. The summed E-state index contributed by atoms with van der Waals surface area (Å²) in [5, 5.41) is 8.22. The number of imide groups is 1. The molecule has 1 fully saturated rings. The van der Waals surface area contributed by atoms with Crippen LogP contribution in [-0.4, -0.2) is 68.0 Å². The van der Waals surface area contributed by atoms with Crippen LogP contribution in [0.3, 0.4) is 0 Å². The number of anilines is 2. The fourth-order valence-electron chi connectivity index (χ4n) is 4.92. The summed E-state index contributed by atoms with van der Waals surface area (Å²) in [7, 11) is 0. The van der Waals surface area contributed by atoms with Crippen molar-refractivity contribution in [2.24, 2.45) is 11.8 Å². The fourth-order valence-corrected chi connectivity index (χ4v) is 4.92. The Kier molecular flexibility index (Phi) is 9.34. The molecule has 3 heterocycles. The molecule has 12 nitrogen and oxygen atoms in total. The Labute approximate surface area is 242 Å². The number of nitrogens with zero attached hydrogens (tertiary/aromatic N) is 6. The maximum atomic E-state index is 13.4. The van der Waals surface area contributed by atoms with Crippen molar-refractivity contribution in [2.75, 3.05) is 22.9 Å². The summed E-state index contributed by atoms with van der Waals surface area (Å²) in [6.07, 6.45) is 4.84. The smallest absolute Gasteiger partial charge is 0.424 e. The van der Waals surface area contributed by atoms with E-state index in [-0.39, 0.29) is 36.0 Å². The number of pyridine rings is 1. The molecule has 3 atom stereocenters. The number of rotatable bonds is 5. The van der Waals surface area contributed by atoms with Crippen LogP contribution in [0.15, 0.2) is 30.9 Å². The van der Waals surface area contributed by atoms with Crippen LogP contribution in [-0.2, 0) is 19.0 Å². The predicted octanol–water partition coefficient (Wildman–Crippen LogP) is 5.40. The van der Waals surface area contributed by atoms with E-state index < -0.39 is 29.0 Å². The van der Waals surface area contributed by atoms with E-state index in [0.717, 1.165) is 4.90 Å². The molecule has 226 valence electrons. The van der Waals surface area contributed by atoms with Crippen molar-refractivity contribution in [3.8, 4) is 0 Å². The zero-order valence-electron chi connectivity index (χ0n) is 25.9. The molecule has 2 amide bonds. The van der Waals surface area contributed by atoms with E-state index in [4.69, 9.17) is 14.2 Å². The highest BCUT2D eigenvalue weighted by molar-refractivity contribution is 6.11. The second-order valence-electron chi connectivity index (χ2n) is 13.5. The van der Waals surface area contributed by atoms with Gasteiger partial charge in [0.2, 0.25) is 0 Å². The number of aromatic nitrogens is 4. The molecule has 2 aromatic heterocycles. The Hall–Kier alpha value is -3.70. The van der Waals surface area contributed by atoms with Gasteiger partial charge in [0.25, 0.3) is 0 Å². The summed E-state index contributed by atoms with van der Waals surface area (Å²) in [6, 6.07) is 1.61. The van der Waals surface area contributed by atoms with Crippen molar-refractivity contribution in [2.45, 2.75) is 98.5 Å². The van der Waals surface area contributed by atoms with Crippen molar-refractivity contribution in [1.82, 2.24) is 20.0 Å². The van der Waals surface area contributed by atoms with Gasteiger partial charge in [-0.1, -0.05) is 12.1 Å². The highest BCUT2D eigenvalue weighted by Gasteiger charge is 2.41. The number of ether oxygens (including phenoxy) is 3. The number of hydrogen-bond donors (Lipinski definition) is 0. The lowest BCUT2D eigenvalue weighted by molar-refractivity contribution is -0.156. The van der Waals surface area contributed by atoms with E-state index in [0.29, 0.717) is 18.8 Å². The predicted molar refractivity (Wildman–Crippen MR) is 154 cm³/mol. The van der Waals surface area contributed by atoms with Crippen LogP contribution in [0, 0.1) is 11.8 Å². The molecule has 1 saturated heterocycles. The first-order valence-corrected chi connectivity index (χ1v) is 13.9. The summed E-state index contributed by atoms with van der Waals surface area (Å²) >= 11 is 0. The van der Waals surface area contributed by atoms with Gasteiger partial charge in [-0.15, -0.1) is 5.10 Å². The first kappa shape index (κ1) is 31.8. The molecule has 0 N–H and O–H groups in total. The number of hydrogen-bond acceptors (Lipinski definition) is 10. The largest absolute Gasteiger partial charge is 0.460 e. The Morgan fingerprint density at radius 2 is 1.49 bits per heavy atom. The van der Waals surface area contributed by atoms with E-state index >= 15 is 0 Å². The highest BCUT2D eigenvalue weighted by atomic mass is 16.6. The fraction of sp³-hybridized carbons (Fsp3) is 0.655. The molecular weight excluding hydrogens is 528 g/mol. The topological polar surface area (TPSA) is 129 Å². The number of carbonyl (C=O) groups is 3. The second-order valence-corrected chi connectivity index (χ2v) is 13.5. The van der Waals surface area contributed by atoms with E-state index in [1.165, 1.54) is 6.20 Å². The first-order valence-electron chi connectivity index (χ1n) is 13.9. The SMILES string of the molecule is C[C@H]1CN(c2ccncc2N(C(=O)OC(C)(C)C)C(=O)OC(C)(C)C)C[C@@H](CC(=O)OC(C)(C)C)[C@H]1n1ccnn1. The molecule has 1 aliphatic heterocycles. The molecule has 2 aromatic rings. The van der Waals surface area contributed by atoms with Gasteiger partial charge in [-0.25, -0.2) is 14.3 Å². The van der Waals surface area contributed by atoms with Crippen LogP contribution in [0.25, 0.3) is 0 Å². The number of carbonyl (C=O) groups excluding carboxylic acids is 3. The Balaban J connectivity index is 2.03. The maximum absolute atomic E-state index is 13.4. The molecular formula is C29H44N6O6. The minimum absolute atomic E-state index is 0.00963. The van der Waals surface area contributed by atoms with Crippen molar-refractivity contribution in [3.63, 3.8) is 0 Å². The third-order valence-electron chi connectivity index (χ3n) is 6.14. The molecule has 0 radical (unpaired) electrons. The number of amides is 2. The molecule has 3 rings (SSSR count). The molecule has 0 bridgehead atoms. The standard InChI is InChI=1S/C29H44N6O6/c1-19-17-33(18-20(15-23(36)39-27(2,3)4)24(19)34-14-13-31-32-34)21-11-12-30-16-22(21)35(25(37)40-28(5,6)7)26(38)41-29(8,9)10/h11-14,16,19-20,24H,15,17-18H2,1-10H3/t19-,20+,24-/m0/s1. The highest BCUT2D eigenvalue weighted by Crippen LogP contribution is 2.40. The second kappa shape index (κ2) is 12.0. The molecule has 1 aliphatic rings. The van der Waals surface area contributed by atoms with Crippen LogP contribution >= 0.6 is 0 Å². The number of piperidine rings is 1. The monoisotopic (exact) mass is 572 g/mol. The van der Waals surface area contributed by atoms with Gasteiger partial charge < -0.3 is 19.1 Å². The van der Waals surface area contributed by atoms with Gasteiger partial charge in [0, 0.05) is 31.4 Å². The zero-order valence-corrected chi connectivity index (χ0v) is 25.9. The first-order chi connectivity index (χ1) is 18.8. The van der Waals surface area contributed by atoms with Crippen LogP contribution in [0.5, 0.6) is 0 Å². The summed E-state index contributed by atoms with van der Waals surface area (Å²) in [5.41, 5.74) is -1.54. The maximum Gasteiger partial charge on any atom is 0.424 e. The quantitative estimate of drug-likeness (QED) is 0.339. The lowest BCUT2D eigenvalue weighted by Gasteiger charge is -2.44. The Bertz CT molecular complexity index is 1180. The molecule has 0 unspecified atom stereocenters. The average molecular weight is 573 g/mol. The van der Waals surface area contributed by atoms with Crippen molar-refractivity contribution >= 4 is 29.5 Å². The Morgan fingerprint density at radius 1 is 0.902 bits per heavy atom. The summed E-state index contributed by atoms with van der Waals surface area (Å²) in [5.74, 6) is -0.524. The molecule has 12 heteroatoms. The van der Waals surface area contributed by atoms with Gasteiger partial charge in [-0.3, -0.25) is 9.78 Å². The van der Waals surface area contributed by atoms with Gasteiger partial charge in [0.1, 0.15) is 22.5 Å². The van der Waals surface area contributed by atoms with E-state index in [1.807, 2.05) is 25.7 Å². The average Bonchev–Trinajstić information content (AvgIpc) is 3.29. The molecule has 0 aromatic carbocycles. The Morgan fingerprint density at radius 3 is 2.00 bits per heavy atom. The third-order valence-corrected chi connectivity index (χ3v) is 6.14. The van der Waals surface area contributed by atoms with Crippen molar-refractivity contribution in [3.05, 3.63) is 30.9 Å². The van der Waals surface area contributed by atoms with Gasteiger partial charge >= 0.3 is 18.2 Å². The van der Waals surface area contributed by atoms with E-state index in [2.05, 4.69) is 22.2 Å². The van der Waals surface area contributed by atoms with Crippen molar-refractivity contribution in [1.29, 1.82) is 0 Å². The van der Waals surface area contributed by atoms with Crippen LogP contribution < -0.4 is 9.80 Å². The van der Waals surface area contributed by atoms with Crippen molar-refractivity contribution < 1.29 is 28.6 Å². The van der Waals surface area contributed by atoms with E-state index in [1.54, 1.807) is 70.9 Å². The minimum Gasteiger partial charge on any atom is -0.460 e. The minimum atomic E-state index is -0.878. The van der Waals surface area contributed by atoms with Gasteiger partial charge in [0.15, 0.2) is 0 Å². The molecule has 0 saturated carbocycles. The number of esters is 1. The van der Waals surface area contributed by atoms with Gasteiger partial charge in [0.05, 0.1) is 30.5 Å². The summed E-state index contributed by atoms with van der Waals surface area (Å²) < 4.78 is 18.6. The van der Waals surface area contributed by atoms with Gasteiger partial charge in [-0.2, -0.15) is 4.90 Å². The normalized spacial score (nSPS) is 19.9. The molecule has 41 heavy (non-hydrogen) atoms. The van der Waals surface area contributed by atoms with Crippen LogP contribution in [0.2, 0.25) is 0 Å². The molecule has 0 spiro atoms. The lowest BCUT2D eigenvalue weighted by atomic mass is 9.82. The lowest BCUT2D eigenvalue weighted by Crippen LogP contribution is -2.49. The summed E-state index contributed by atoms with van der Waals surface area (Å²) in [4.78, 5) is 47.0. The van der Waals surface area contributed by atoms with Crippen LogP contribution in [0.1, 0.15) is 81.7 Å². The van der Waals surface area contributed by atoms with Gasteiger partial charge in [-0.05, 0) is 74.3 Å². The molecule has 0 aliphatic carbocycles. The third kappa shape index (κ3) is 8.89. The van der Waals surface area contributed by atoms with E-state index in [9.17, 15) is 14.4 Å².